The molecular formula is C24H25N5O2. The van der Waals surface area contributed by atoms with E-state index in [1.807, 2.05) is 48.5 Å². The van der Waals surface area contributed by atoms with E-state index >= 15 is 0 Å². The molecule has 2 aromatic heterocycles. The first-order valence-electron chi connectivity index (χ1n) is 10.5. The first-order chi connectivity index (χ1) is 15.2. The Morgan fingerprint density at radius 3 is 2.87 bits per heavy atom. The van der Waals surface area contributed by atoms with Crippen LogP contribution in [0.1, 0.15) is 23.2 Å². The van der Waals surface area contributed by atoms with Gasteiger partial charge in [-0.05, 0) is 48.7 Å². The largest absolute Gasteiger partial charge is 0.497 e. The van der Waals surface area contributed by atoms with Gasteiger partial charge in [0.1, 0.15) is 5.75 Å². The number of benzene rings is 2. The number of rotatable bonds is 5. The van der Waals surface area contributed by atoms with E-state index in [1.165, 1.54) is 0 Å². The van der Waals surface area contributed by atoms with Crippen LogP contribution in [0.25, 0.3) is 22.2 Å². The first-order valence-corrected chi connectivity index (χ1v) is 10.5. The van der Waals surface area contributed by atoms with E-state index in [-0.39, 0.29) is 11.9 Å². The van der Waals surface area contributed by atoms with E-state index in [0.717, 1.165) is 59.7 Å². The van der Waals surface area contributed by atoms with Gasteiger partial charge in [-0.3, -0.25) is 9.89 Å². The van der Waals surface area contributed by atoms with Crippen LogP contribution < -0.4 is 15.0 Å². The fourth-order valence-electron chi connectivity index (χ4n) is 4.22. The van der Waals surface area contributed by atoms with Crippen LogP contribution in [0.4, 0.5) is 5.82 Å². The molecule has 5 rings (SSSR count). The molecule has 3 heterocycles. The maximum Gasteiger partial charge on any atom is 0.253 e. The van der Waals surface area contributed by atoms with Gasteiger partial charge in [0.2, 0.25) is 0 Å². The highest BCUT2D eigenvalue weighted by Gasteiger charge is 2.24. The van der Waals surface area contributed by atoms with Crippen molar-refractivity contribution in [2.45, 2.75) is 18.9 Å². The van der Waals surface area contributed by atoms with Crippen LogP contribution in [0.5, 0.6) is 5.75 Å². The number of amides is 1. The van der Waals surface area contributed by atoms with Gasteiger partial charge in [-0.15, -0.1) is 0 Å². The van der Waals surface area contributed by atoms with Gasteiger partial charge < -0.3 is 19.9 Å². The third kappa shape index (κ3) is 3.86. The molecular weight excluding hydrogens is 390 g/mol. The number of aromatic amines is 2. The number of nitrogens with one attached hydrogen (secondary N) is 3. The van der Waals surface area contributed by atoms with Crippen LogP contribution in [0.2, 0.25) is 0 Å². The molecule has 1 aliphatic rings. The van der Waals surface area contributed by atoms with Crippen molar-refractivity contribution in [3.05, 3.63) is 66.4 Å². The number of ether oxygens (including phenoxy) is 1. The molecule has 0 spiro atoms. The van der Waals surface area contributed by atoms with Gasteiger partial charge in [-0.25, -0.2) is 0 Å². The highest BCUT2D eigenvalue weighted by molar-refractivity contribution is 6.06. The number of anilines is 1. The second-order valence-electron chi connectivity index (χ2n) is 7.87. The number of piperidine rings is 1. The summed E-state index contributed by atoms with van der Waals surface area (Å²) in [6.07, 6.45) is 3.75. The van der Waals surface area contributed by atoms with Crippen LogP contribution in [0, 0.1) is 0 Å². The summed E-state index contributed by atoms with van der Waals surface area (Å²) in [5.41, 5.74) is 3.68. The van der Waals surface area contributed by atoms with E-state index in [0.29, 0.717) is 5.56 Å². The van der Waals surface area contributed by atoms with Crippen molar-refractivity contribution in [3.8, 4) is 17.0 Å². The number of H-pyrrole nitrogens is 2. The lowest BCUT2D eigenvalue weighted by molar-refractivity contribution is 0.0935. The molecule has 4 aromatic rings. The predicted molar refractivity (Wildman–Crippen MR) is 122 cm³/mol. The summed E-state index contributed by atoms with van der Waals surface area (Å²) in [5, 5.41) is 11.8. The molecule has 1 amide bonds. The van der Waals surface area contributed by atoms with Crippen molar-refractivity contribution in [1.29, 1.82) is 0 Å². The summed E-state index contributed by atoms with van der Waals surface area (Å²) in [6.45, 7) is 1.66. The van der Waals surface area contributed by atoms with Crippen molar-refractivity contribution in [1.82, 2.24) is 20.5 Å². The molecule has 7 heteroatoms. The van der Waals surface area contributed by atoms with Gasteiger partial charge in [-0.2, -0.15) is 5.10 Å². The van der Waals surface area contributed by atoms with Gasteiger partial charge in [0.15, 0.2) is 5.82 Å². The maximum absolute atomic E-state index is 12.9. The molecule has 0 aliphatic carbocycles. The summed E-state index contributed by atoms with van der Waals surface area (Å²) in [5.74, 6) is 1.69. The van der Waals surface area contributed by atoms with Gasteiger partial charge in [0.05, 0.1) is 18.4 Å². The number of hydrogen-bond acceptors (Lipinski definition) is 4. The summed E-state index contributed by atoms with van der Waals surface area (Å²) in [4.78, 5) is 18.3. The fraction of sp³-hybridized carbons (Fsp3) is 0.250. The van der Waals surface area contributed by atoms with Crippen molar-refractivity contribution < 1.29 is 9.53 Å². The summed E-state index contributed by atoms with van der Waals surface area (Å²) >= 11 is 0. The first kappa shape index (κ1) is 19.2. The molecule has 0 saturated carbocycles. The van der Waals surface area contributed by atoms with Crippen LogP contribution in [0.3, 0.4) is 0 Å². The van der Waals surface area contributed by atoms with E-state index < -0.39 is 0 Å². The molecule has 2 aromatic carbocycles. The lowest BCUT2D eigenvalue weighted by Crippen LogP contribution is -2.48. The molecule has 1 saturated heterocycles. The van der Waals surface area contributed by atoms with E-state index in [9.17, 15) is 4.79 Å². The minimum absolute atomic E-state index is 0.0368. The molecule has 1 fully saturated rings. The molecule has 3 N–H and O–H groups in total. The fourth-order valence-corrected chi connectivity index (χ4v) is 4.22. The van der Waals surface area contributed by atoms with Gasteiger partial charge in [0.25, 0.3) is 5.91 Å². The Morgan fingerprint density at radius 2 is 2.03 bits per heavy atom. The van der Waals surface area contributed by atoms with E-state index in [1.54, 1.807) is 13.3 Å². The smallest absolute Gasteiger partial charge is 0.253 e. The van der Waals surface area contributed by atoms with Crippen LogP contribution in [-0.4, -0.2) is 47.3 Å². The molecule has 7 nitrogen and oxygen atoms in total. The van der Waals surface area contributed by atoms with E-state index in [4.69, 9.17) is 4.74 Å². The predicted octanol–water partition coefficient (Wildman–Crippen LogP) is 3.97. The van der Waals surface area contributed by atoms with Crippen molar-refractivity contribution in [2.75, 3.05) is 25.1 Å². The number of hydrogen-bond donors (Lipinski definition) is 3. The monoisotopic (exact) mass is 415 g/mol. The number of para-hydroxylation sites is 1. The number of carbonyl (C=O) groups excluding carboxylic acids is 1. The number of nitrogens with zero attached hydrogens (tertiary/aromatic N) is 2. The van der Waals surface area contributed by atoms with Gasteiger partial charge >= 0.3 is 0 Å². The molecule has 1 atom stereocenters. The highest BCUT2D eigenvalue weighted by Crippen LogP contribution is 2.26. The minimum atomic E-state index is -0.0368. The SMILES string of the molecule is COc1ccc(-c2cc(N3CCC[C@H](NC(=O)c4c[nH]c5ccccc45)C3)n[nH]2)cc1. The molecule has 1 aliphatic heterocycles. The molecule has 0 bridgehead atoms. The summed E-state index contributed by atoms with van der Waals surface area (Å²) < 4.78 is 5.23. The summed E-state index contributed by atoms with van der Waals surface area (Å²) in [7, 11) is 1.66. The Morgan fingerprint density at radius 1 is 1.19 bits per heavy atom. The quantitative estimate of drug-likeness (QED) is 0.460. The molecule has 158 valence electrons. The molecule has 0 unspecified atom stereocenters. The van der Waals surface area contributed by atoms with Crippen LogP contribution in [0.15, 0.2) is 60.8 Å². The molecule has 31 heavy (non-hydrogen) atoms. The normalized spacial score (nSPS) is 16.4. The lowest BCUT2D eigenvalue weighted by atomic mass is 10.0. The number of fused-ring (bicyclic) bond motifs is 1. The average molecular weight is 415 g/mol. The standard InChI is InChI=1S/C24H25N5O2/c1-31-18-10-8-16(9-11-18)22-13-23(28-27-22)29-12-4-5-17(15-29)26-24(30)20-14-25-21-7-3-2-6-19(20)21/h2-3,6-11,13-14,17,25H,4-5,12,15H2,1H3,(H,26,30)(H,27,28)/t17-/m0/s1. The van der Waals surface area contributed by atoms with Crippen LogP contribution >= 0.6 is 0 Å². The Labute approximate surface area is 180 Å². The Bertz CT molecular complexity index is 1190. The third-order valence-electron chi connectivity index (χ3n) is 5.88. The lowest BCUT2D eigenvalue weighted by Gasteiger charge is -2.33. The zero-order chi connectivity index (χ0) is 21.2. The highest BCUT2D eigenvalue weighted by atomic mass is 16.5. The number of methoxy groups -OCH3 is 1. The van der Waals surface area contributed by atoms with Crippen LogP contribution in [-0.2, 0) is 0 Å². The second-order valence-corrected chi connectivity index (χ2v) is 7.87. The average Bonchev–Trinajstić information content (AvgIpc) is 3.47. The van der Waals surface area contributed by atoms with Crippen molar-refractivity contribution in [2.24, 2.45) is 0 Å². The minimum Gasteiger partial charge on any atom is -0.497 e. The third-order valence-corrected chi connectivity index (χ3v) is 5.88. The Hall–Kier alpha value is -3.74. The van der Waals surface area contributed by atoms with E-state index in [2.05, 4.69) is 31.5 Å². The van der Waals surface area contributed by atoms with Gasteiger partial charge in [-0.1, -0.05) is 18.2 Å². The number of carbonyl (C=O) groups is 1. The topological polar surface area (TPSA) is 86.0 Å². The zero-order valence-corrected chi connectivity index (χ0v) is 17.4. The molecule has 0 radical (unpaired) electrons. The Kier molecular flexibility index (Phi) is 5.08. The second kappa shape index (κ2) is 8.18. The Balaban J connectivity index is 1.27. The zero-order valence-electron chi connectivity index (χ0n) is 17.4. The van der Waals surface area contributed by atoms with Gasteiger partial charge in [0, 0.05) is 42.3 Å². The number of aromatic nitrogens is 3. The summed E-state index contributed by atoms with van der Waals surface area (Å²) in [6, 6.07) is 17.9. The maximum atomic E-state index is 12.9. The van der Waals surface area contributed by atoms with Crippen molar-refractivity contribution in [3.63, 3.8) is 0 Å². The van der Waals surface area contributed by atoms with Crippen molar-refractivity contribution >= 4 is 22.6 Å².